The highest BCUT2D eigenvalue weighted by molar-refractivity contribution is 5.02. The van der Waals surface area contributed by atoms with E-state index in [0.717, 1.165) is 11.4 Å². The molecule has 0 atom stereocenters. The van der Waals surface area contributed by atoms with Crippen molar-refractivity contribution in [2.45, 2.75) is 13.1 Å². The number of aliphatic hydroxyl groups is 2. The third-order valence-electron chi connectivity index (χ3n) is 1.92. The van der Waals surface area contributed by atoms with E-state index in [4.69, 9.17) is 10.2 Å². The molecule has 0 spiro atoms. The zero-order valence-electron chi connectivity index (χ0n) is 9.19. The van der Waals surface area contributed by atoms with Crippen LogP contribution in [0.5, 0.6) is 0 Å². The second kappa shape index (κ2) is 8.12. The van der Waals surface area contributed by atoms with Crippen molar-refractivity contribution in [1.82, 2.24) is 20.6 Å². The Morgan fingerprint density at radius 2 is 1.44 bits per heavy atom. The molecule has 0 saturated carbocycles. The van der Waals surface area contributed by atoms with E-state index >= 15 is 0 Å². The number of hydrogen-bond acceptors (Lipinski definition) is 6. The third-order valence-corrected chi connectivity index (χ3v) is 1.92. The fraction of sp³-hybridized carbons (Fsp3) is 0.600. The molecule has 1 heterocycles. The highest BCUT2D eigenvalue weighted by Gasteiger charge is 1.98. The van der Waals surface area contributed by atoms with Crippen LogP contribution >= 0.6 is 0 Å². The van der Waals surface area contributed by atoms with E-state index in [-0.39, 0.29) is 13.2 Å². The minimum absolute atomic E-state index is 0.116. The highest BCUT2D eigenvalue weighted by Crippen LogP contribution is 1.95. The molecule has 90 valence electrons. The maximum absolute atomic E-state index is 8.61. The van der Waals surface area contributed by atoms with Gasteiger partial charge in [0.15, 0.2) is 0 Å². The van der Waals surface area contributed by atoms with Gasteiger partial charge in [-0.15, -0.1) is 0 Å². The van der Waals surface area contributed by atoms with Gasteiger partial charge in [0.1, 0.15) is 0 Å². The zero-order chi connectivity index (χ0) is 11.6. The molecule has 6 heteroatoms. The van der Waals surface area contributed by atoms with Gasteiger partial charge in [0.2, 0.25) is 0 Å². The van der Waals surface area contributed by atoms with Gasteiger partial charge in [-0.25, -0.2) is 0 Å². The standard InChI is InChI=1S/C10H18N4O2/c15-3-1-11-5-9-7-13-8-10(14-9)6-12-2-4-16/h7-8,11-12,15-16H,1-6H2. The van der Waals surface area contributed by atoms with Crippen LogP contribution in [0.2, 0.25) is 0 Å². The number of aromatic nitrogens is 2. The summed E-state index contributed by atoms with van der Waals surface area (Å²) in [6.45, 7) is 2.53. The fourth-order valence-electron chi connectivity index (χ4n) is 1.21. The summed E-state index contributed by atoms with van der Waals surface area (Å²) in [6, 6.07) is 0. The molecule has 16 heavy (non-hydrogen) atoms. The largest absolute Gasteiger partial charge is 0.395 e. The quantitative estimate of drug-likeness (QED) is 0.409. The molecule has 0 aromatic carbocycles. The van der Waals surface area contributed by atoms with E-state index in [9.17, 15) is 0 Å². The van der Waals surface area contributed by atoms with Gasteiger partial charge in [0.05, 0.1) is 24.6 Å². The van der Waals surface area contributed by atoms with Gasteiger partial charge in [-0.3, -0.25) is 9.97 Å². The van der Waals surface area contributed by atoms with Crippen LogP contribution in [-0.4, -0.2) is 46.5 Å². The van der Waals surface area contributed by atoms with Gasteiger partial charge >= 0.3 is 0 Å². The summed E-state index contributed by atoms with van der Waals surface area (Å²) in [5.74, 6) is 0. The number of hydrogen-bond donors (Lipinski definition) is 4. The third kappa shape index (κ3) is 5.13. The van der Waals surface area contributed by atoms with E-state index in [1.165, 1.54) is 0 Å². The lowest BCUT2D eigenvalue weighted by atomic mass is 10.4. The molecule has 6 nitrogen and oxygen atoms in total. The van der Waals surface area contributed by atoms with E-state index in [1.54, 1.807) is 12.4 Å². The SMILES string of the molecule is OCCNCc1cncc(CNCCO)n1. The molecule has 0 amide bonds. The lowest BCUT2D eigenvalue weighted by molar-refractivity contribution is 0.291. The first-order chi connectivity index (χ1) is 7.86. The Morgan fingerprint density at radius 3 is 1.88 bits per heavy atom. The molecule has 0 radical (unpaired) electrons. The molecule has 0 unspecified atom stereocenters. The normalized spacial score (nSPS) is 10.6. The second-order valence-corrected chi connectivity index (χ2v) is 3.30. The molecule has 1 rings (SSSR count). The van der Waals surface area contributed by atoms with Crippen LogP contribution < -0.4 is 10.6 Å². The van der Waals surface area contributed by atoms with E-state index in [1.807, 2.05) is 0 Å². The molecular weight excluding hydrogens is 208 g/mol. The topological polar surface area (TPSA) is 90.3 Å². The number of rotatable bonds is 8. The summed E-state index contributed by atoms with van der Waals surface area (Å²) in [5.41, 5.74) is 1.69. The Morgan fingerprint density at radius 1 is 0.938 bits per heavy atom. The molecule has 1 aromatic rings. The summed E-state index contributed by atoms with van der Waals surface area (Å²) < 4.78 is 0. The van der Waals surface area contributed by atoms with E-state index in [2.05, 4.69) is 20.6 Å². The highest BCUT2D eigenvalue weighted by atomic mass is 16.3. The number of aliphatic hydroxyl groups excluding tert-OH is 2. The molecular formula is C10H18N4O2. The monoisotopic (exact) mass is 226 g/mol. The molecule has 0 aliphatic rings. The minimum Gasteiger partial charge on any atom is -0.395 e. The summed E-state index contributed by atoms with van der Waals surface area (Å²) in [7, 11) is 0. The first-order valence-corrected chi connectivity index (χ1v) is 5.29. The summed E-state index contributed by atoms with van der Waals surface area (Å²) in [6.07, 6.45) is 3.39. The summed E-state index contributed by atoms with van der Waals surface area (Å²) >= 11 is 0. The van der Waals surface area contributed by atoms with Gasteiger partial charge in [-0.1, -0.05) is 0 Å². The predicted octanol–water partition coefficient (Wildman–Crippen LogP) is -1.36. The van der Waals surface area contributed by atoms with Gasteiger partial charge in [0, 0.05) is 38.6 Å². The lowest BCUT2D eigenvalue weighted by Crippen LogP contribution is -2.21. The van der Waals surface area contributed by atoms with Crippen LogP contribution in [0.25, 0.3) is 0 Å². The smallest absolute Gasteiger partial charge is 0.0728 e. The first kappa shape index (κ1) is 13.0. The number of nitrogens with one attached hydrogen (secondary N) is 2. The first-order valence-electron chi connectivity index (χ1n) is 5.29. The summed E-state index contributed by atoms with van der Waals surface area (Å²) in [4.78, 5) is 8.44. The number of nitrogens with zero attached hydrogens (tertiary/aromatic N) is 2. The van der Waals surface area contributed by atoms with Crippen molar-refractivity contribution in [3.8, 4) is 0 Å². The molecule has 0 bridgehead atoms. The van der Waals surface area contributed by atoms with Gasteiger partial charge in [0.25, 0.3) is 0 Å². The van der Waals surface area contributed by atoms with Crippen LogP contribution in [0.3, 0.4) is 0 Å². The van der Waals surface area contributed by atoms with E-state index in [0.29, 0.717) is 26.2 Å². The predicted molar refractivity (Wildman–Crippen MR) is 59.6 cm³/mol. The van der Waals surface area contributed by atoms with Crippen LogP contribution in [-0.2, 0) is 13.1 Å². The molecule has 0 aliphatic carbocycles. The van der Waals surface area contributed by atoms with Crippen molar-refractivity contribution in [1.29, 1.82) is 0 Å². The fourth-order valence-corrected chi connectivity index (χ4v) is 1.21. The van der Waals surface area contributed by atoms with Crippen LogP contribution in [0.1, 0.15) is 11.4 Å². The summed E-state index contributed by atoms with van der Waals surface area (Å²) in [5, 5.41) is 23.3. The molecule has 0 aliphatic heterocycles. The van der Waals surface area contributed by atoms with Crippen molar-refractivity contribution >= 4 is 0 Å². The van der Waals surface area contributed by atoms with Crippen LogP contribution in [0, 0.1) is 0 Å². The second-order valence-electron chi connectivity index (χ2n) is 3.30. The van der Waals surface area contributed by atoms with Crippen molar-refractivity contribution in [3.05, 3.63) is 23.8 Å². The van der Waals surface area contributed by atoms with Crippen molar-refractivity contribution < 1.29 is 10.2 Å². The Hall–Kier alpha value is -1.08. The maximum atomic E-state index is 8.61. The molecule has 4 N–H and O–H groups in total. The zero-order valence-corrected chi connectivity index (χ0v) is 9.19. The average Bonchev–Trinajstić information content (AvgIpc) is 2.30. The minimum atomic E-state index is 0.116. The van der Waals surface area contributed by atoms with Crippen LogP contribution in [0.15, 0.2) is 12.4 Å². The Labute approximate surface area is 94.7 Å². The maximum Gasteiger partial charge on any atom is 0.0728 e. The molecule has 0 fully saturated rings. The van der Waals surface area contributed by atoms with Gasteiger partial charge in [-0.05, 0) is 0 Å². The van der Waals surface area contributed by atoms with Gasteiger partial charge in [-0.2, -0.15) is 0 Å². The molecule has 0 saturated heterocycles. The van der Waals surface area contributed by atoms with Crippen molar-refractivity contribution in [2.24, 2.45) is 0 Å². The Balaban J connectivity index is 2.37. The van der Waals surface area contributed by atoms with Crippen molar-refractivity contribution in [3.63, 3.8) is 0 Å². The van der Waals surface area contributed by atoms with Gasteiger partial charge < -0.3 is 20.8 Å². The molecule has 1 aromatic heterocycles. The van der Waals surface area contributed by atoms with Crippen molar-refractivity contribution in [2.75, 3.05) is 26.3 Å². The van der Waals surface area contributed by atoms with E-state index < -0.39 is 0 Å². The Kier molecular flexibility index (Phi) is 6.59. The average molecular weight is 226 g/mol. The Bertz CT molecular complexity index is 271. The van der Waals surface area contributed by atoms with Crippen LogP contribution in [0.4, 0.5) is 0 Å². The lowest BCUT2D eigenvalue weighted by Gasteiger charge is -2.05.